The van der Waals surface area contributed by atoms with Gasteiger partial charge in [0.2, 0.25) is 0 Å². The Balaban J connectivity index is 2.89. The van der Waals surface area contributed by atoms with Gasteiger partial charge in [-0.2, -0.15) is 0 Å². The molecule has 0 aliphatic heterocycles. The van der Waals surface area contributed by atoms with Gasteiger partial charge in [0.25, 0.3) is 0 Å². The maximum atomic E-state index is 15.7. The Bertz CT molecular complexity index is 2220. The van der Waals surface area contributed by atoms with E-state index in [1.54, 1.807) is 0 Å². The van der Waals surface area contributed by atoms with Gasteiger partial charge in [-0.3, -0.25) is 0 Å². The van der Waals surface area contributed by atoms with Crippen LogP contribution in [0.4, 0.5) is 4.79 Å². The predicted molar refractivity (Wildman–Crippen MR) is 508 cm³/mol. The van der Waals surface area contributed by atoms with Gasteiger partial charge in [0.15, 0.2) is 0 Å². The van der Waals surface area contributed by atoms with Crippen molar-refractivity contribution < 1.29 is 14.1 Å². The van der Waals surface area contributed by atoms with Crippen molar-refractivity contribution in [2.45, 2.75) is 597 Å². The molecule has 3 aromatic carbocycles. The van der Waals surface area contributed by atoms with Crippen LogP contribution in [-0.2, 0) is 62.0 Å². The van der Waals surface area contributed by atoms with Crippen molar-refractivity contribution >= 4 is 16.5 Å². The average molecular weight is 1590 g/mol. The lowest BCUT2D eigenvalue weighted by Gasteiger charge is -2.46. The Labute approximate surface area is 709 Å². The molecule has 0 heterocycles. The zero-order valence-electron chi connectivity index (χ0n) is 77.9. The molecule has 0 saturated carbocycles. The van der Waals surface area contributed by atoms with Crippen LogP contribution in [0.2, 0.25) is 0 Å². The summed E-state index contributed by atoms with van der Waals surface area (Å²) in [6.07, 6.45) is 102. The van der Waals surface area contributed by atoms with E-state index < -0.39 is 16.5 Å². The van der Waals surface area contributed by atoms with E-state index >= 15 is 4.79 Å². The Hall–Kier alpha value is -2.72. The maximum Gasteiger partial charge on any atom is 0.517 e. The molecule has 0 saturated heterocycles. The van der Waals surface area contributed by atoms with E-state index in [1.165, 1.54) is 489 Å². The van der Waals surface area contributed by atoms with Crippen LogP contribution in [0, 0.1) is 0 Å². The van der Waals surface area contributed by atoms with Crippen molar-refractivity contribution in [3.63, 3.8) is 0 Å². The fourth-order valence-corrected chi connectivity index (χ4v) is 23.0. The van der Waals surface area contributed by atoms with Crippen molar-refractivity contribution in [2.24, 2.45) is 0 Å². The molecule has 0 unspecified atom stereocenters. The number of carboxylic acid groups (broad SMARTS) is 1. The van der Waals surface area contributed by atoms with Gasteiger partial charge in [0.05, 0.1) is 0 Å². The Morgan fingerprint density at radius 3 is 0.434 bits per heavy atom. The van der Waals surface area contributed by atoms with Crippen LogP contribution in [0.5, 0.6) is 0 Å². The van der Waals surface area contributed by atoms with Crippen LogP contribution < -0.4 is 0 Å². The third-order valence-corrected chi connectivity index (χ3v) is 29.4. The molecular weight excluding hydrogens is 1390 g/mol. The van der Waals surface area contributed by atoms with Crippen LogP contribution in [0.25, 0.3) is 0 Å². The molecule has 0 spiro atoms. The summed E-state index contributed by atoms with van der Waals surface area (Å²) in [5.74, 6) is 0. The van der Waals surface area contributed by atoms with Crippen LogP contribution in [0.1, 0.15) is 575 Å². The van der Waals surface area contributed by atoms with Gasteiger partial charge in [0, 0.05) is 14.7 Å². The predicted octanol–water partition coefficient (Wildman–Crippen LogP) is 38.7. The first-order valence-corrected chi connectivity index (χ1v) is 53.5. The van der Waals surface area contributed by atoms with Crippen LogP contribution in [0.15, 0.2) is 51.1 Å². The van der Waals surface area contributed by atoms with Gasteiger partial charge >= 0.3 is 6.16 Å². The Morgan fingerprint density at radius 2 is 0.310 bits per heavy atom. The lowest BCUT2D eigenvalue weighted by Crippen LogP contribution is -2.22. The van der Waals surface area contributed by atoms with Gasteiger partial charge < -0.3 is 9.29 Å². The van der Waals surface area contributed by atoms with Gasteiger partial charge in [-0.05, 0) is 176 Å². The van der Waals surface area contributed by atoms with Crippen molar-refractivity contribution in [3.8, 4) is 0 Å². The minimum atomic E-state index is -3.03. The molecule has 3 rings (SSSR count). The molecule has 3 aromatic rings. The van der Waals surface area contributed by atoms with E-state index in [4.69, 9.17) is 4.18 Å². The van der Waals surface area contributed by atoms with Crippen molar-refractivity contribution in [1.29, 1.82) is 0 Å². The molecule has 0 bridgehead atoms. The highest BCUT2D eigenvalue weighted by molar-refractivity contribution is 8.30. The SMILES string of the molecule is CCCCCCCCCCc1cc(CCCCCCCCCC)c(S(OC(=O)O)(c2c(CCCCCCCCCC)cc(CCCCCCCCCC)cc2CCCCCCCCCC)c2c(CCCCCCCCCC)cc(CCCCCCCCCC)cc2CCCCCCCCCC)c(CCCCCCCCCC)c1. The lowest BCUT2D eigenvalue weighted by molar-refractivity contribution is 0.150. The monoisotopic (exact) mass is 1590 g/mol. The second-order valence-electron chi connectivity index (χ2n) is 36.7. The first kappa shape index (κ1) is 104. The van der Waals surface area contributed by atoms with E-state index in [0.29, 0.717) is 0 Å². The summed E-state index contributed by atoms with van der Waals surface area (Å²) >= 11 is 0. The van der Waals surface area contributed by atoms with Crippen LogP contribution in [-0.4, -0.2) is 11.3 Å². The van der Waals surface area contributed by atoms with E-state index in [0.717, 1.165) is 96.3 Å². The van der Waals surface area contributed by atoms with Gasteiger partial charge in [0.1, 0.15) is 0 Å². The highest BCUT2D eigenvalue weighted by Gasteiger charge is 2.45. The van der Waals surface area contributed by atoms with E-state index in [9.17, 15) is 5.11 Å². The minimum absolute atomic E-state index is 0.992. The molecule has 113 heavy (non-hydrogen) atoms. The third-order valence-electron chi connectivity index (χ3n) is 25.7. The van der Waals surface area contributed by atoms with Gasteiger partial charge in [-0.25, -0.2) is 4.79 Å². The minimum Gasteiger partial charge on any atom is -0.449 e. The topological polar surface area (TPSA) is 46.5 Å². The van der Waals surface area contributed by atoms with E-state index in [1.807, 2.05) is 0 Å². The van der Waals surface area contributed by atoms with Gasteiger partial charge in [-0.15, -0.1) is 0 Å². The summed E-state index contributed by atoms with van der Waals surface area (Å²) in [4.78, 5) is 19.8. The van der Waals surface area contributed by atoms with Crippen molar-refractivity contribution in [2.75, 3.05) is 0 Å². The molecule has 0 atom stereocenters. The quantitative estimate of drug-likeness (QED) is 0.0573. The highest BCUT2D eigenvalue weighted by Crippen LogP contribution is 2.75. The summed E-state index contributed by atoms with van der Waals surface area (Å²) in [7, 11) is -3.03. The zero-order chi connectivity index (χ0) is 81.2. The number of rotatable bonds is 85. The number of aryl methyl sites for hydroxylation is 9. The summed E-state index contributed by atoms with van der Waals surface area (Å²) in [6.45, 7) is 21.2. The molecule has 0 radical (unpaired) electrons. The van der Waals surface area contributed by atoms with Crippen molar-refractivity contribution in [1.82, 2.24) is 0 Å². The van der Waals surface area contributed by atoms with Crippen LogP contribution in [0.3, 0.4) is 0 Å². The molecular formula is C109H196O3S. The highest BCUT2D eigenvalue weighted by atomic mass is 32.3. The molecule has 4 heteroatoms. The molecule has 0 amide bonds. The second-order valence-corrected chi connectivity index (χ2v) is 39.2. The van der Waals surface area contributed by atoms with E-state index in [-0.39, 0.29) is 0 Å². The fraction of sp³-hybridized carbons (Fsp3) is 0.826. The smallest absolute Gasteiger partial charge is 0.449 e. The number of hydrogen-bond donors (Lipinski definition) is 1. The largest absolute Gasteiger partial charge is 0.517 e. The van der Waals surface area contributed by atoms with E-state index in [2.05, 4.69) is 98.7 Å². The van der Waals surface area contributed by atoms with Crippen LogP contribution >= 0.6 is 10.3 Å². The first-order chi connectivity index (χ1) is 55.7. The third kappa shape index (κ3) is 50.2. The molecule has 656 valence electrons. The van der Waals surface area contributed by atoms with Gasteiger partial charge in [-0.1, -0.05) is 503 Å². The fourth-order valence-electron chi connectivity index (χ4n) is 18.8. The molecule has 0 aliphatic carbocycles. The number of carbonyl (C=O) groups is 1. The zero-order valence-corrected chi connectivity index (χ0v) is 78.7. The molecule has 0 fully saturated rings. The first-order valence-electron chi connectivity index (χ1n) is 51.9. The van der Waals surface area contributed by atoms with Crippen molar-refractivity contribution in [3.05, 3.63) is 86.5 Å². The Morgan fingerprint density at radius 1 is 0.195 bits per heavy atom. The molecule has 1 N–H and O–H groups in total. The molecule has 0 aliphatic rings. The number of benzene rings is 3. The standard InChI is InChI=1S/C109H196O3S/c1-10-19-28-37-46-55-64-73-82-97-91-100(85-76-67-58-49-40-31-22-13-4)106(101(92-97)86-77-68-59-50-41-32-23-14-5)113(112-109(110)111,107-102(87-78-69-60-51-42-33-24-15-6)93-98(83-74-65-56-47-38-29-20-11-2)94-103(107)88-79-70-61-52-43-34-25-16-7)108-104(89-80-71-62-53-44-35-26-17-8)95-99(84-75-66-57-48-39-30-21-12-3)96-105(108)90-81-72-63-54-45-36-27-18-9/h91-96H,10-90H2,1-9H3,(H,110,111). The number of hydrogen-bond acceptors (Lipinski definition) is 2. The summed E-state index contributed by atoms with van der Waals surface area (Å²) < 4.78 is 8.11. The second kappa shape index (κ2) is 75.5. The summed E-state index contributed by atoms with van der Waals surface area (Å²) in [5.41, 5.74) is 13.4. The lowest BCUT2D eigenvalue weighted by atomic mass is 9.94. The normalized spacial score (nSPS) is 12.0. The molecule has 3 nitrogen and oxygen atoms in total. The summed E-state index contributed by atoms with van der Waals surface area (Å²) in [5, 5.41) is 12.9. The average Bonchev–Trinajstić information content (AvgIpc) is 0.706. The Kier molecular flexibility index (Phi) is 69.8. The molecule has 0 aromatic heterocycles. The maximum absolute atomic E-state index is 15.7. The number of unbranched alkanes of at least 4 members (excludes halogenated alkanes) is 63. The summed E-state index contributed by atoms with van der Waals surface area (Å²) in [6, 6.07) is 16.5.